The molecule has 0 bridgehead atoms. The number of phenolic OH excluding ortho intramolecular Hbond substituents is 1. The van der Waals surface area contributed by atoms with Crippen molar-refractivity contribution in [1.82, 2.24) is 9.97 Å². The number of nitrogens with one attached hydrogen (secondary N) is 2. The lowest BCUT2D eigenvalue weighted by atomic mass is 10.1. The molecule has 0 atom stereocenters. The van der Waals surface area contributed by atoms with Gasteiger partial charge in [-0.2, -0.15) is 0 Å². The first-order chi connectivity index (χ1) is 12.6. The highest BCUT2D eigenvalue weighted by Gasteiger charge is 2.17. The first-order valence-electron chi connectivity index (χ1n) is 8.06. The highest BCUT2D eigenvalue weighted by Crippen LogP contribution is 2.29. The molecule has 0 aliphatic rings. The topological polar surface area (TPSA) is 104 Å². The number of rotatable bonds is 3. The minimum atomic E-state index is -0.314. The lowest BCUT2D eigenvalue weighted by Gasteiger charge is -2.06. The van der Waals surface area contributed by atoms with Crippen molar-refractivity contribution in [1.29, 1.82) is 0 Å². The molecule has 0 saturated carbocycles. The van der Waals surface area contributed by atoms with Gasteiger partial charge in [-0.15, -0.1) is 0 Å². The number of carbonyl (C=O) groups excluding carboxylic acids is 1. The predicted molar refractivity (Wildman–Crippen MR) is 102 cm³/mol. The van der Waals surface area contributed by atoms with E-state index in [4.69, 9.17) is 5.73 Å². The van der Waals surface area contributed by atoms with Crippen molar-refractivity contribution in [2.24, 2.45) is 0 Å². The molecule has 6 nitrogen and oxygen atoms in total. The molecule has 128 valence electrons. The molecule has 0 saturated heterocycles. The van der Waals surface area contributed by atoms with Gasteiger partial charge < -0.3 is 21.1 Å². The van der Waals surface area contributed by atoms with Crippen molar-refractivity contribution in [3.8, 4) is 17.1 Å². The zero-order chi connectivity index (χ0) is 18.1. The van der Waals surface area contributed by atoms with E-state index in [9.17, 15) is 9.90 Å². The van der Waals surface area contributed by atoms with Gasteiger partial charge >= 0.3 is 0 Å². The number of aromatic hydroxyl groups is 1. The van der Waals surface area contributed by atoms with Gasteiger partial charge in [0.15, 0.2) is 0 Å². The van der Waals surface area contributed by atoms with Crippen LogP contribution in [0.3, 0.4) is 0 Å². The van der Waals surface area contributed by atoms with Gasteiger partial charge in [-0.3, -0.25) is 4.79 Å². The second-order valence-electron chi connectivity index (χ2n) is 5.88. The number of aromatic amines is 1. The Labute approximate surface area is 149 Å². The van der Waals surface area contributed by atoms with E-state index >= 15 is 0 Å². The Bertz CT molecular complexity index is 1090. The Morgan fingerprint density at radius 1 is 1.00 bits per heavy atom. The average Bonchev–Trinajstić information content (AvgIpc) is 3.11. The SMILES string of the molecule is Nc1ccc(NC(=O)c2ccc(O)c3[nH]c(-c4ccccc4)nc23)cc1. The van der Waals surface area contributed by atoms with E-state index in [1.807, 2.05) is 30.3 Å². The van der Waals surface area contributed by atoms with Gasteiger partial charge in [-0.05, 0) is 36.4 Å². The summed E-state index contributed by atoms with van der Waals surface area (Å²) >= 11 is 0. The molecule has 0 aliphatic carbocycles. The number of carbonyl (C=O) groups is 1. The van der Waals surface area contributed by atoms with E-state index in [-0.39, 0.29) is 11.7 Å². The lowest BCUT2D eigenvalue weighted by Crippen LogP contribution is -2.12. The number of nitrogens with zero attached hydrogens (tertiary/aromatic N) is 1. The van der Waals surface area contributed by atoms with E-state index in [1.165, 1.54) is 6.07 Å². The zero-order valence-electron chi connectivity index (χ0n) is 13.7. The van der Waals surface area contributed by atoms with E-state index < -0.39 is 0 Å². The number of hydrogen-bond donors (Lipinski definition) is 4. The van der Waals surface area contributed by atoms with Crippen LogP contribution in [0.1, 0.15) is 10.4 Å². The van der Waals surface area contributed by atoms with Crippen LogP contribution in [0.2, 0.25) is 0 Å². The third-order valence-electron chi connectivity index (χ3n) is 4.08. The highest BCUT2D eigenvalue weighted by molar-refractivity contribution is 6.12. The molecular formula is C20H16N4O2. The van der Waals surface area contributed by atoms with Crippen molar-refractivity contribution in [3.63, 3.8) is 0 Å². The number of anilines is 2. The maximum absolute atomic E-state index is 12.7. The molecule has 0 unspecified atom stereocenters. The summed E-state index contributed by atoms with van der Waals surface area (Å²) in [4.78, 5) is 20.3. The standard InChI is InChI=1S/C20H16N4O2/c21-13-6-8-14(9-7-13)22-20(26)15-10-11-16(25)18-17(15)23-19(24-18)12-4-2-1-3-5-12/h1-11,25H,21H2,(H,22,26)(H,23,24). The summed E-state index contributed by atoms with van der Waals surface area (Å²) in [6.07, 6.45) is 0. The van der Waals surface area contributed by atoms with Gasteiger partial charge in [0, 0.05) is 16.9 Å². The van der Waals surface area contributed by atoms with E-state index in [0.29, 0.717) is 33.8 Å². The molecule has 1 heterocycles. The molecule has 0 radical (unpaired) electrons. The number of aromatic nitrogens is 2. The van der Waals surface area contributed by atoms with Crippen LogP contribution < -0.4 is 11.1 Å². The Balaban J connectivity index is 1.75. The second-order valence-corrected chi connectivity index (χ2v) is 5.88. The van der Waals surface area contributed by atoms with Gasteiger partial charge in [0.1, 0.15) is 22.6 Å². The monoisotopic (exact) mass is 344 g/mol. The van der Waals surface area contributed by atoms with Crippen molar-refractivity contribution < 1.29 is 9.90 Å². The van der Waals surface area contributed by atoms with Gasteiger partial charge in [0.05, 0.1) is 5.56 Å². The Morgan fingerprint density at radius 3 is 2.46 bits per heavy atom. The van der Waals surface area contributed by atoms with Crippen molar-refractivity contribution in [2.75, 3.05) is 11.1 Å². The van der Waals surface area contributed by atoms with Crippen molar-refractivity contribution in [2.45, 2.75) is 0 Å². The quantitative estimate of drug-likeness (QED) is 0.425. The molecule has 0 aliphatic heterocycles. The number of nitrogen functional groups attached to an aromatic ring is 1. The van der Waals surface area contributed by atoms with Crippen molar-refractivity contribution in [3.05, 3.63) is 72.3 Å². The van der Waals surface area contributed by atoms with Crippen LogP contribution in [-0.2, 0) is 0 Å². The summed E-state index contributed by atoms with van der Waals surface area (Å²) in [5, 5.41) is 13.0. The number of imidazole rings is 1. The number of benzene rings is 3. The molecule has 1 amide bonds. The fraction of sp³-hybridized carbons (Fsp3) is 0. The average molecular weight is 344 g/mol. The Hall–Kier alpha value is -3.80. The zero-order valence-corrected chi connectivity index (χ0v) is 13.7. The Kier molecular flexibility index (Phi) is 3.78. The lowest BCUT2D eigenvalue weighted by molar-refractivity contribution is 0.102. The van der Waals surface area contributed by atoms with Gasteiger partial charge in [-0.1, -0.05) is 30.3 Å². The minimum absolute atomic E-state index is 0.0405. The normalized spacial score (nSPS) is 10.8. The van der Waals surface area contributed by atoms with E-state index in [1.54, 1.807) is 30.3 Å². The predicted octanol–water partition coefficient (Wildman–Crippen LogP) is 3.77. The van der Waals surface area contributed by atoms with Crippen LogP contribution in [0, 0.1) is 0 Å². The third-order valence-corrected chi connectivity index (χ3v) is 4.08. The van der Waals surface area contributed by atoms with Crippen LogP contribution in [0.5, 0.6) is 5.75 Å². The minimum Gasteiger partial charge on any atom is -0.506 e. The largest absolute Gasteiger partial charge is 0.506 e. The van der Waals surface area contributed by atoms with Gasteiger partial charge in [0.2, 0.25) is 0 Å². The summed E-state index contributed by atoms with van der Waals surface area (Å²) in [7, 11) is 0. The van der Waals surface area contributed by atoms with Crippen LogP contribution in [0.15, 0.2) is 66.7 Å². The molecule has 26 heavy (non-hydrogen) atoms. The summed E-state index contributed by atoms with van der Waals surface area (Å²) in [6, 6.07) is 19.4. The summed E-state index contributed by atoms with van der Waals surface area (Å²) in [5.41, 5.74) is 8.99. The number of H-pyrrole nitrogens is 1. The van der Waals surface area contributed by atoms with Crippen LogP contribution in [-0.4, -0.2) is 21.0 Å². The molecule has 6 heteroatoms. The highest BCUT2D eigenvalue weighted by atomic mass is 16.3. The Morgan fingerprint density at radius 2 is 1.73 bits per heavy atom. The maximum atomic E-state index is 12.7. The van der Waals surface area contributed by atoms with Gasteiger partial charge in [-0.25, -0.2) is 4.98 Å². The van der Waals surface area contributed by atoms with Gasteiger partial charge in [0.25, 0.3) is 5.91 Å². The molecule has 1 aromatic heterocycles. The fourth-order valence-corrected chi connectivity index (χ4v) is 2.76. The first kappa shape index (κ1) is 15.7. The molecule has 0 fully saturated rings. The number of fused-ring (bicyclic) bond motifs is 1. The number of phenols is 1. The van der Waals surface area contributed by atoms with E-state index in [2.05, 4.69) is 15.3 Å². The fourth-order valence-electron chi connectivity index (χ4n) is 2.76. The van der Waals surface area contributed by atoms with Crippen LogP contribution in [0.25, 0.3) is 22.4 Å². The number of hydrogen-bond acceptors (Lipinski definition) is 4. The number of nitrogens with two attached hydrogens (primary N) is 1. The molecule has 5 N–H and O–H groups in total. The first-order valence-corrected chi connectivity index (χ1v) is 8.06. The summed E-state index contributed by atoms with van der Waals surface area (Å²) < 4.78 is 0. The molecule has 4 rings (SSSR count). The maximum Gasteiger partial charge on any atom is 0.257 e. The van der Waals surface area contributed by atoms with Crippen LogP contribution >= 0.6 is 0 Å². The summed E-state index contributed by atoms with van der Waals surface area (Å²) in [5.74, 6) is 0.313. The smallest absolute Gasteiger partial charge is 0.257 e. The molecule has 0 spiro atoms. The summed E-state index contributed by atoms with van der Waals surface area (Å²) in [6.45, 7) is 0. The number of amides is 1. The third kappa shape index (κ3) is 2.84. The van der Waals surface area contributed by atoms with Crippen molar-refractivity contribution >= 4 is 28.3 Å². The molecular weight excluding hydrogens is 328 g/mol. The molecule has 3 aromatic carbocycles. The molecule has 4 aromatic rings. The van der Waals surface area contributed by atoms with E-state index in [0.717, 1.165) is 5.56 Å². The second kappa shape index (κ2) is 6.25. The van der Waals surface area contributed by atoms with Crippen LogP contribution in [0.4, 0.5) is 11.4 Å².